The Morgan fingerprint density at radius 2 is 1.15 bits per heavy atom. The lowest BCUT2D eigenvalue weighted by molar-refractivity contribution is 0.819. The summed E-state index contributed by atoms with van der Waals surface area (Å²) in [6.45, 7) is 0. The van der Waals surface area contributed by atoms with E-state index >= 15 is 0 Å². The first-order chi connectivity index (χ1) is 23.8. The lowest BCUT2D eigenvalue weighted by Gasteiger charge is -2.18. The second-order valence-electron chi connectivity index (χ2n) is 12.6. The van der Waals surface area contributed by atoms with Gasteiger partial charge in [0.2, 0.25) is 0 Å². The molecule has 0 fully saturated rings. The van der Waals surface area contributed by atoms with Crippen molar-refractivity contribution in [2.45, 2.75) is 24.8 Å². The quantitative estimate of drug-likeness (QED) is 0.202. The van der Waals surface area contributed by atoms with Crippen molar-refractivity contribution in [2.24, 2.45) is 9.98 Å². The maximum Gasteiger partial charge on any atom is 0.0779 e. The number of aromatic nitrogens is 2. The van der Waals surface area contributed by atoms with Crippen LogP contribution in [0.15, 0.2) is 173 Å². The molecule has 230 valence electrons. The van der Waals surface area contributed by atoms with Gasteiger partial charge in [0.1, 0.15) is 0 Å². The fourth-order valence-electron chi connectivity index (χ4n) is 7.54. The number of aromatic amines is 2. The molecule has 0 spiro atoms. The summed E-state index contributed by atoms with van der Waals surface area (Å²) >= 11 is 0. The molecule has 5 heterocycles. The smallest absolute Gasteiger partial charge is 0.0779 e. The summed E-state index contributed by atoms with van der Waals surface area (Å²) in [6, 6.07) is 51.6. The van der Waals surface area contributed by atoms with Crippen LogP contribution >= 0.6 is 0 Å². The summed E-state index contributed by atoms with van der Waals surface area (Å²) in [5, 5.41) is 2.07. The van der Waals surface area contributed by atoms with Crippen LogP contribution in [0.25, 0.3) is 16.7 Å². The number of allylic oxidation sites excluding steroid dienone is 2. The van der Waals surface area contributed by atoms with Gasteiger partial charge in [0.25, 0.3) is 0 Å². The fourth-order valence-corrected chi connectivity index (χ4v) is 7.54. The van der Waals surface area contributed by atoms with Gasteiger partial charge in [0, 0.05) is 44.5 Å². The van der Waals surface area contributed by atoms with Crippen molar-refractivity contribution in [1.82, 2.24) is 9.97 Å². The van der Waals surface area contributed by atoms with Gasteiger partial charge in [-0.2, -0.15) is 0 Å². The van der Waals surface area contributed by atoms with Crippen LogP contribution < -0.4 is 10.7 Å². The lowest BCUT2D eigenvalue weighted by atomic mass is 9.89. The molecule has 4 heteroatoms. The average molecular weight is 619 g/mol. The standard InChI is InChI=1S/C44H34N4/c1-5-13-29(14-6-1)41-33-21-23-35(45-33)42(30-15-7-2-8-16-30)37-25-27-39(47-37)44(32-19-11-4-12-20-32)40-28-26-38(48-40)43(31-17-9-3-10-18-31)36-24-22-34(41)46-36/h1-25,27,38,44-45,47H,26,28H2. The molecule has 6 aromatic rings. The van der Waals surface area contributed by atoms with Crippen LogP contribution in [0.2, 0.25) is 0 Å². The van der Waals surface area contributed by atoms with E-state index in [2.05, 4.69) is 168 Å². The van der Waals surface area contributed by atoms with Gasteiger partial charge in [-0.3, -0.25) is 4.99 Å². The van der Waals surface area contributed by atoms with E-state index in [1.807, 2.05) is 0 Å². The minimum Gasteiger partial charge on any atom is -0.357 e. The Kier molecular flexibility index (Phi) is 7.05. The highest BCUT2D eigenvalue weighted by molar-refractivity contribution is 6.30. The first-order valence-corrected chi connectivity index (χ1v) is 16.7. The van der Waals surface area contributed by atoms with Crippen LogP contribution in [0.4, 0.5) is 0 Å². The Morgan fingerprint density at radius 3 is 1.83 bits per heavy atom. The van der Waals surface area contributed by atoms with Crippen LogP contribution in [0, 0.1) is 0 Å². The van der Waals surface area contributed by atoms with Gasteiger partial charge < -0.3 is 9.97 Å². The Hall–Kier alpha value is -6.00. The molecule has 4 nitrogen and oxygen atoms in total. The molecule has 0 saturated carbocycles. The Labute approximate surface area is 280 Å². The van der Waals surface area contributed by atoms with Crippen molar-refractivity contribution >= 4 is 28.1 Å². The van der Waals surface area contributed by atoms with E-state index in [1.165, 1.54) is 22.4 Å². The highest BCUT2D eigenvalue weighted by Gasteiger charge is 2.32. The third-order valence-corrected chi connectivity index (χ3v) is 9.69. The molecule has 9 rings (SSSR count). The van der Waals surface area contributed by atoms with Crippen molar-refractivity contribution in [3.8, 4) is 0 Å². The summed E-state index contributed by atoms with van der Waals surface area (Å²) in [5.41, 5.74) is 13.4. The van der Waals surface area contributed by atoms with Crippen LogP contribution in [0.5, 0.6) is 0 Å². The maximum absolute atomic E-state index is 5.57. The average Bonchev–Trinajstić information content (AvgIpc) is 3.98. The molecule has 0 aliphatic carbocycles. The highest BCUT2D eigenvalue weighted by atomic mass is 14.9. The van der Waals surface area contributed by atoms with Crippen LogP contribution in [-0.2, 0) is 0 Å². The second kappa shape index (κ2) is 12.0. The molecule has 0 saturated heterocycles. The van der Waals surface area contributed by atoms with E-state index in [0.717, 1.165) is 68.6 Å². The third kappa shape index (κ3) is 5.03. The highest BCUT2D eigenvalue weighted by Crippen LogP contribution is 2.39. The number of H-pyrrole nitrogens is 2. The summed E-state index contributed by atoms with van der Waals surface area (Å²) in [7, 11) is 0. The molecule has 0 amide bonds. The van der Waals surface area contributed by atoms with Gasteiger partial charge >= 0.3 is 0 Å². The van der Waals surface area contributed by atoms with Crippen LogP contribution in [0.1, 0.15) is 52.4 Å². The van der Waals surface area contributed by atoms with E-state index in [9.17, 15) is 0 Å². The second-order valence-corrected chi connectivity index (χ2v) is 12.6. The predicted molar refractivity (Wildman–Crippen MR) is 197 cm³/mol. The Balaban J connectivity index is 1.38. The molecule has 8 bridgehead atoms. The Morgan fingerprint density at radius 1 is 0.542 bits per heavy atom. The third-order valence-electron chi connectivity index (χ3n) is 9.69. The molecule has 0 radical (unpaired) electrons. The maximum atomic E-state index is 5.57. The Bertz CT molecular complexity index is 2370. The summed E-state index contributed by atoms with van der Waals surface area (Å²) < 4.78 is 0. The fraction of sp³-hybridized carbons (Fsp3) is 0.0909. The number of hydrogen-bond donors (Lipinski definition) is 2. The molecular weight excluding hydrogens is 585 g/mol. The number of nitrogens with one attached hydrogen (secondary N) is 2. The van der Waals surface area contributed by atoms with Crippen LogP contribution in [0.3, 0.4) is 0 Å². The molecule has 4 aromatic carbocycles. The zero-order chi connectivity index (χ0) is 31.9. The first kappa shape index (κ1) is 28.2. The summed E-state index contributed by atoms with van der Waals surface area (Å²) in [5.74, 6) is 0.0207. The number of nitrogens with zero attached hydrogens (tertiary/aromatic N) is 2. The van der Waals surface area contributed by atoms with Crippen molar-refractivity contribution in [1.29, 1.82) is 0 Å². The van der Waals surface area contributed by atoms with Gasteiger partial charge in [-0.25, -0.2) is 4.99 Å². The van der Waals surface area contributed by atoms with Crippen molar-refractivity contribution in [2.75, 3.05) is 0 Å². The SMILES string of the molecule is C1=CC2=C(c3ccccc3)C3CCC(=N3)C(c3ccccc3)c3ccc([nH]3)C(c3ccccc3)=c3ccc([nH]3)=C(c3ccccc3)C1=N2. The van der Waals surface area contributed by atoms with Crippen molar-refractivity contribution < 1.29 is 0 Å². The van der Waals surface area contributed by atoms with E-state index in [1.54, 1.807) is 0 Å². The van der Waals surface area contributed by atoms with Crippen molar-refractivity contribution in [3.05, 3.63) is 208 Å². The van der Waals surface area contributed by atoms with Gasteiger partial charge in [0.15, 0.2) is 0 Å². The minimum atomic E-state index is 0.00223. The number of benzene rings is 4. The zero-order valence-corrected chi connectivity index (χ0v) is 26.5. The van der Waals surface area contributed by atoms with E-state index in [-0.39, 0.29) is 12.0 Å². The molecule has 48 heavy (non-hydrogen) atoms. The van der Waals surface area contributed by atoms with Gasteiger partial charge in [0.05, 0.1) is 23.4 Å². The number of aliphatic imine (C=N–C) groups is 2. The molecule has 3 aliphatic heterocycles. The molecule has 2 N–H and O–H groups in total. The molecular formula is C44H34N4. The summed E-state index contributed by atoms with van der Waals surface area (Å²) in [4.78, 5) is 18.7. The van der Waals surface area contributed by atoms with Crippen molar-refractivity contribution in [3.63, 3.8) is 0 Å². The largest absolute Gasteiger partial charge is 0.357 e. The van der Waals surface area contributed by atoms with E-state index in [0.29, 0.717) is 0 Å². The monoisotopic (exact) mass is 618 g/mol. The van der Waals surface area contributed by atoms with Crippen LogP contribution in [-0.4, -0.2) is 27.4 Å². The first-order valence-electron chi connectivity index (χ1n) is 16.7. The molecule has 2 unspecified atom stereocenters. The molecule has 2 atom stereocenters. The normalized spacial score (nSPS) is 18.7. The predicted octanol–water partition coefficient (Wildman–Crippen LogP) is 7.96. The number of fused-ring (bicyclic) bond motifs is 6. The van der Waals surface area contributed by atoms with Gasteiger partial charge in [-0.15, -0.1) is 0 Å². The number of hydrogen-bond acceptors (Lipinski definition) is 2. The summed E-state index contributed by atoms with van der Waals surface area (Å²) in [6.07, 6.45) is 6.21. The minimum absolute atomic E-state index is 0.00223. The topological polar surface area (TPSA) is 56.3 Å². The van der Waals surface area contributed by atoms with E-state index in [4.69, 9.17) is 9.98 Å². The lowest BCUT2D eigenvalue weighted by Crippen LogP contribution is -2.19. The van der Waals surface area contributed by atoms with Gasteiger partial charge in [-0.1, -0.05) is 121 Å². The van der Waals surface area contributed by atoms with E-state index < -0.39 is 0 Å². The van der Waals surface area contributed by atoms with Gasteiger partial charge in [-0.05, 0) is 71.5 Å². The number of rotatable bonds is 4. The molecule has 3 aliphatic rings. The zero-order valence-electron chi connectivity index (χ0n) is 26.5. The molecule has 2 aromatic heterocycles.